The minimum atomic E-state index is -0.0540. The Balaban J connectivity index is 1.92. The highest BCUT2D eigenvalue weighted by Crippen LogP contribution is 2.24. The second-order valence-electron chi connectivity index (χ2n) is 4.70. The average molecular weight is 246 g/mol. The molecule has 2 aliphatic rings. The van der Waals surface area contributed by atoms with Gasteiger partial charge in [0.15, 0.2) is 5.78 Å². The first kappa shape index (κ1) is 11.0. The Bertz CT molecular complexity index is 560. The van der Waals surface area contributed by atoms with Gasteiger partial charge in [0.1, 0.15) is 5.69 Å². The van der Waals surface area contributed by atoms with Gasteiger partial charge in [-0.05, 0) is 12.1 Å². The van der Waals surface area contributed by atoms with Gasteiger partial charge >= 0.3 is 6.03 Å². The Labute approximate surface area is 104 Å². The molecule has 1 aromatic heterocycles. The summed E-state index contributed by atoms with van der Waals surface area (Å²) in [7, 11) is 1.80. The fraction of sp³-hybridized carbons (Fsp3) is 0.417. The smallest absolute Gasteiger partial charge is 0.319 e. The van der Waals surface area contributed by atoms with E-state index in [2.05, 4.69) is 5.10 Å². The number of amides is 2. The lowest BCUT2D eigenvalue weighted by molar-refractivity contribution is 0.101. The van der Waals surface area contributed by atoms with Crippen LogP contribution in [0.5, 0.6) is 0 Å². The van der Waals surface area contributed by atoms with Gasteiger partial charge in [0.25, 0.3) is 0 Å². The summed E-state index contributed by atoms with van der Waals surface area (Å²) in [4.78, 5) is 26.5. The van der Waals surface area contributed by atoms with E-state index in [1.54, 1.807) is 33.8 Å². The molecule has 94 valence electrons. The summed E-state index contributed by atoms with van der Waals surface area (Å²) in [5.74, 6) is -0.0540. The lowest BCUT2D eigenvalue weighted by Gasteiger charge is -2.21. The van der Waals surface area contributed by atoms with Gasteiger partial charge in [0.05, 0.1) is 18.3 Å². The first-order chi connectivity index (χ1) is 8.56. The number of hydrogen-bond donors (Lipinski definition) is 0. The van der Waals surface area contributed by atoms with E-state index >= 15 is 0 Å². The Morgan fingerprint density at radius 2 is 2.28 bits per heavy atom. The topological polar surface area (TPSA) is 58.4 Å². The van der Waals surface area contributed by atoms with Gasteiger partial charge in [0, 0.05) is 26.7 Å². The van der Waals surface area contributed by atoms with Crippen molar-refractivity contribution >= 4 is 17.5 Å². The lowest BCUT2D eigenvalue weighted by atomic mass is 10.2. The molecule has 6 heteroatoms. The molecule has 0 aliphatic carbocycles. The van der Waals surface area contributed by atoms with Crippen molar-refractivity contribution in [3.8, 4) is 0 Å². The van der Waals surface area contributed by atoms with Crippen LogP contribution >= 0.6 is 0 Å². The number of aromatic nitrogens is 2. The number of hydrogen-bond acceptors (Lipinski definition) is 3. The molecule has 1 atom stereocenters. The highest BCUT2D eigenvalue weighted by atomic mass is 16.2. The molecule has 2 amide bonds. The van der Waals surface area contributed by atoms with Gasteiger partial charge in [-0.3, -0.25) is 4.79 Å². The standard InChI is InChI=1S/C12H14N4O2/c1-8(17)11-3-4-16(13-11)10-5-9-6-15(7-10)12(18)14(9)2/h3-5,9H,6-7H2,1-2H3. The Morgan fingerprint density at radius 3 is 2.89 bits per heavy atom. The maximum atomic E-state index is 11.8. The molecule has 3 rings (SSSR count). The summed E-state index contributed by atoms with van der Waals surface area (Å²) in [6.45, 7) is 2.77. The first-order valence-electron chi connectivity index (χ1n) is 5.85. The van der Waals surface area contributed by atoms with E-state index in [0.717, 1.165) is 12.2 Å². The summed E-state index contributed by atoms with van der Waals surface area (Å²) < 4.78 is 1.68. The third-order valence-corrected chi connectivity index (χ3v) is 3.46. The van der Waals surface area contributed by atoms with E-state index in [-0.39, 0.29) is 17.9 Å². The average Bonchev–Trinajstić information content (AvgIpc) is 2.91. The molecule has 1 saturated heterocycles. The van der Waals surface area contributed by atoms with E-state index in [0.29, 0.717) is 12.2 Å². The number of urea groups is 1. The van der Waals surface area contributed by atoms with Crippen molar-refractivity contribution in [2.45, 2.75) is 13.0 Å². The van der Waals surface area contributed by atoms with E-state index in [4.69, 9.17) is 0 Å². The fourth-order valence-corrected chi connectivity index (χ4v) is 2.38. The molecule has 0 saturated carbocycles. The molecule has 3 heterocycles. The largest absolute Gasteiger partial charge is 0.320 e. The molecular weight excluding hydrogens is 232 g/mol. The Morgan fingerprint density at radius 1 is 1.50 bits per heavy atom. The van der Waals surface area contributed by atoms with Gasteiger partial charge < -0.3 is 9.80 Å². The van der Waals surface area contributed by atoms with Crippen molar-refractivity contribution in [2.24, 2.45) is 0 Å². The van der Waals surface area contributed by atoms with Crippen LogP contribution in [0, 0.1) is 0 Å². The molecule has 2 bridgehead atoms. The molecular formula is C12H14N4O2. The SMILES string of the molecule is CC(=O)c1ccn(C2=CC3CN(C2)C(=O)N3C)n1. The van der Waals surface area contributed by atoms with E-state index in [1.165, 1.54) is 6.92 Å². The summed E-state index contributed by atoms with van der Waals surface area (Å²) in [6, 6.07) is 1.84. The zero-order valence-corrected chi connectivity index (χ0v) is 10.3. The Hall–Kier alpha value is -2.11. The summed E-state index contributed by atoms with van der Waals surface area (Å²) in [5, 5.41) is 4.22. The molecule has 1 aromatic rings. The van der Waals surface area contributed by atoms with Crippen molar-refractivity contribution < 1.29 is 9.59 Å². The molecule has 18 heavy (non-hydrogen) atoms. The number of Topliss-reactive ketones (excluding diaryl/α,β-unsaturated/α-hetero) is 1. The molecule has 1 fully saturated rings. The minimum absolute atomic E-state index is 0.0465. The van der Waals surface area contributed by atoms with Crippen LogP contribution in [0.15, 0.2) is 18.3 Å². The number of nitrogens with zero attached hydrogens (tertiary/aromatic N) is 4. The van der Waals surface area contributed by atoms with Crippen molar-refractivity contribution in [1.29, 1.82) is 0 Å². The molecule has 2 aliphatic heterocycles. The van der Waals surface area contributed by atoms with E-state index in [1.807, 2.05) is 6.08 Å². The maximum Gasteiger partial charge on any atom is 0.320 e. The predicted molar refractivity (Wildman–Crippen MR) is 65.0 cm³/mol. The van der Waals surface area contributed by atoms with Crippen LogP contribution < -0.4 is 0 Å². The van der Waals surface area contributed by atoms with E-state index < -0.39 is 0 Å². The summed E-state index contributed by atoms with van der Waals surface area (Å²) >= 11 is 0. The molecule has 6 nitrogen and oxygen atoms in total. The fourth-order valence-electron chi connectivity index (χ4n) is 2.38. The third-order valence-electron chi connectivity index (χ3n) is 3.46. The van der Waals surface area contributed by atoms with Gasteiger partial charge in [0.2, 0.25) is 0 Å². The number of fused-ring (bicyclic) bond motifs is 2. The van der Waals surface area contributed by atoms with Crippen LogP contribution in [0.4, 0.5) is 4.79 Å². The van der Waals surface area contributed by atoms with Gasteiger partial charge in [-0.15, -0.1) is 0 Å². The van der Waals surface area contributed by atoms with Crippen LogP contribution in [0.1, 0.15) is 17.4 Å². The second kappa shape index (κ2) is 3.69. The number of carbonyl (C=O) groups excluding carboxylic acids is 2. The van der Waals surface area contributed by atoms with Crippen molar-refractivity contribution in [1.82, 2.24) is 19.6 Å². The zero-order valence-electron chi connectivity index (χ0n) is 10.3. The van der Waals surface area contributed by atoms with Crippen LogP contribution in [-0.2, 0) is 0 Å². The van der Waals surface area contributed by atoms with Crippen molar-refractivity contribution in [2.75, 3.05) is 20.1 Å². The second-order valence-corrected chi connectivity index (χ2v) is 4.70. The third kappa shape index (κ3) is 1.53. The normalized spacial score (nSPS) is 22.4. The Kier molecular flexibility index (Phi) is 2.26. The first-order valence-corrected chi connectivity index (χ1v) is 5.85. The maximum absolute atomic E-state index is 11.8. The molecule has 0 N–H and O–H groups in total. The summed E-state index contributed by atoms with van der Waals surface area (Å²) in [6.07, 6.45) is 3.80. The quantitative estimate of drug-likeness (QED) is 0.721. The number of rotatable bonds is 2. The molecule has 0 radical (unpaired) electrons. The molecule has 0 spiro atoms. The predicted octanol–water partition coefficient (Wildman–Crippen LogP) is 0.676. The lowest BCUT2D eigenvalue weighted by Crippen LogP contribution is -2.31. The molecule has 1 unspecified atom stereocenters. The monoisotopic (exact) mass is 246 g/mol. The number of carbonyl (C=O) groups is 2. The highest BCUT2D eigenvalue weighted by Gasteiger charge is 2.37. The number of likely N-dealkylation sites (N-methyl/N-ethyl adjacent to an activating group) is 1. The van der Waals surface area contributed by atoms with Crippen molar-refractivity contribution in [3.05, 3.63) is 24.0 Å². The number of ketones is 1. The minimum Gasteiger partial charge on any atom is -0.319 e. The van der Waals surface area contributed by atoms with Crippen LogP contribution in [0.3, 0.4) is 0 Å². The van der Waals surface area contributed by atoms with Crippen LogP contribution in [0.2, 0.25) is 0 Å². The van der Waals surface area contributed by atoms with Gasteiger partial charge in [-0.25, -0.2) is 9.48 Å². The van der Waals surface area contributed by atoms with Crippen molar-refractivity contribution in [3.63, 3.8) is 0 Å². The zero-order chi connectivity index (χ0) is 12.9. The van der Waals surface area contributed by atoms with E-state index in [9.17, 15) is 9.59 Å². The highest BCUT2D eigenvalue weighted by molar-refractivity contribution is 5.92. The van der Waals surface area contributed by atoms with Gasteiger partial charge in [-0.1, -0.05) is 0 Å². The van der Waals surface area contributed by atoms with Crippen LogP contribution in [-0.4, -0.2) is 57.6 Å². The molecule has 0 aromatic carbocycles. The van der Waals surface area contributed by atoms with Crippen LogP contribution in [0.25, 0.3) is 5.70 Å². The summed E-state index contributed by atoms with van der Waals surface area (Å²) in [5.41, 5.74) is 1.39. The van der Waals surface area contributed by atoms with Gasteiger partial charge in [-0.2, -0.15) is 5.10 Å².